The van der Waals surface area contributed by atoms with E-state index in [1.54, 1.807) is 32.3 Å². The maximum absolute atomic E-state index is 12.8. The molecule has 1 saturated carbocycles. The number of anilines is 1. The predicted octanol–water partition coefficient (Wildman–Crippen LogP) is 1.54. The van der Waals surface area contributed by atoms with Gasteiger partial charge in [0, 0.05) is 13.2 Å². The third-order valence-corrected chi connectivity index (χ3v) is 3.54. The van der Waals surface area contributed by atoms with Gasteiger partial charge in [0.15, 0.2) is 0 Å². The number of hydrogen-bond acceptors (Lipinski definition) is 3. The average Bonchev–Trinajstić information content (AvgIpc) is 3.11. The van der Waals surface area contributed by atoms with Gasteiger partial charge in [-0.3, -0.25) is 9.59 Å². The van der Waals surface area contributed by atoms with Gasteiger partial charge in [-0.1, -0.05) is 0 Å². The summed E-state index contributed by atoms with van der Waals surface area (Å²) < 4.78 is 14.3. The SMILES string of the molecule is Cc1cc(NC(=O)[C@@H]2C[C@@H]2F)nc2ccn(C)c(=O)c12. The largest absolute Gasteiger partial charge is 0.318 e. The number of nitrogens with zero attached hydrogens (tertiary/aromatic N) is 2. The normalized spacial score (nSPS) is 20.9. The van der Waals surface area contributed by atoms with Crippen LogP contribution in [0.4, 0.5) is 10.2 Å². The molecule has 20 heavy (non-hydrogen) atoms. The van der Waals surface area contributed by atoms with Crippen LogP contribution in [-0.4, -0.2) is 21.6 Å². The Kier molecular flexibility index (Phi) is 2.81. The van der Waals surface area contributed by atoms with Gasteiger partial charge in [-0.05, 0) is 31.0 Å². The Bertz CT molecular complexity index is 769. The first-order chi connectivity index (χ1) is 9.47. The topological polar surface area (TPSA) is 64.0 Å². The molecule has 0 bridgehead atoms. The lowest BCUT2D eigenvalue weighted by molar-refractivity contribution is -0.117. The summed E-state index contributed by atoms with van der Waals surface area (Å²) in [6, 6.07) is 3.35. The van der Waals surface area contributed by atoms with E-state index in [1.807, 2.05) is 0 Å². The molecule has 2 atom stereocenters. The highest BCUT2D eigenvalue weighted by Gasteiger charge is 2.43. The molecule has 2 aromatic heterocycles. The van der Waals surface area contributed by atoms with Crippen LogP contribution in [0.1, 0.15) is 12.0 Å². The van der Waals surface area contributed by atoms with Gasteiger partial charge in [-0.15, -0.1) is 0 Å². The Labute approximate surface area is 114 Å². The van der Waals surface area contributed by atoms with E-state index in [-0.39, 0.29) is 17.9 Å². The van der Waals surface area contributed by atoms with Gasteiger partial charge in [0.2, 0.25) is 5.91 Å². The Morgan fingerprint density at radius 1 is 1.55 bits per heavy atom. The minimum absolute atomic E-state index is 0.128. The smallest absolute Gasteiger partial charge is 0.260 e. The number of alkyl halides is 1. The van der Waals surface area contributed by atoms with E-state index in [1.165, 1.54) is 4.57 Å². The molecule has 3 rings (SSSR count). The highest BCUT2D eigenvalue weighted by Crippen LogP contribution is 2.34. The number of rotatable bonds is 2. The number of halogens is 1. The van der Waals surface area contributed by atoms with Gasteiger partial charge in [-0.2, -0.15) is 0 Å². The molecule has 1 aliphatic carbocycles. The lowest BCUT2D eigenvalue weighted by Crippen LogP contribution is -2.19. The maximum Gasteiger partial charge on any atom is 0.260 e. The lowest BCUT2D eigenvalue weighted by Gasteiger charge is -2.08. The highest BCUT2D eigenvalue weighted by molar-refractivity contribution is 5.95. The summed E-state index contributed by atoms with van der Waals surface area (Å²) in [6.07, 6.45) is 0.865. The molecule has 0 aliphatic heterocycles. The van der Waals surface area contributed by atoms with Crippen molar-refractivity contribution in [2.45, 2.75) is 19.5 Å². The molecule has 2 heterocycles. The van der Waals surface area contributed by atoms with Gasteiger partial charge < -0.3 is 9.88 Å². The summed E-state index contributed by atoms with van der Waals surface area (Å²) in [7, 11) is 1.67. The third kappa shape index (κ3) is 2.07. The van der Waals surface area contributed by atoms with Crippen LogP contribution in [0.25, 0.3) is 10.9 Å². The second-order valence-electron chi connectivity index (χ2n) is 5.16. The number of aromatic nitrogens is 2. The number of nitrogens with one attached hydrogen (secondary N) is 1. The van der Waals surface area contributed by atoms with Crippen molar-refractivity contribution in [3.05, 3.63) is 34.2 Å². The van der Waals surface area contributed by atoms with Gasteiger partial charge >= 0.3 is 0 Å². The summed E-state index contributed by atoms with van der Waals surface area (Å²) in [5, 5.41) is 3.13. The minimum Gasteiger partial charge on any atom is -0.318 e. The van der Waals surface area contributed by atoms with Crippen molar-refractivity contribution in [3.63, 3.8) is 0 Å². The van der Waals surface area contributed by atoms with Crippen molar-refractivity contribution < 1.29 is 9.18 Å². The van der Waals surface area contributed by atoms with Crippen LogP contribution < -0.4 is 10.9 Å². The average molecular weight is 275 g/mol. The molecule has 104 valence electrons. The number of aryl methyl sites for hydroxylation is 2. The van der Waals surface area contributed by atoms with Crippen molar-refractivity contribution >= 4 is 22.6 Å². The first-order valence-electron chi connectivity index (χ1n) is 6.39. The fraction of sp³-hybridized carbons (Fsp3) is 0.357. The molecule has 5 nitrogen and oxygen atoms in total. The second-order valence-corrected chi connectivity index (χ2v) is 5.16. The van der Waals surface area contributed by atoms with Crippen molar-refractivity contribution in [2.75, 3.05) is 5.32 Å². The van der Waals surface area contributed by atoms with Crippen LogP contribution in [0.5, 0.6) is 0 Å². The molecule has 1 N–H and O–H groups in total. The van der Waals surface area contributed by atoms with Crippen LogP contribution in [0.3, 0.4) is 0 Å². The molecule has 0 radical (unpaired) electrons. The first-order valence-corrected chi connectivity index (χ1v) is 6.39. The van der Waals surface area contributed by atoms with Gasteiger partial charge in [-0.25, -0.2) is 9.37 Å². The third-order valence-electron chi connectivity index (χ3n) is 3.54. The molecular formula is C14H14FN3O2. The van der Waals surface area contributed by atoms with Crippen molar-refractivity contribution in [1.29, 1.82) is 0 Å². The Morgan fingerprint density at radius 2 is 2.25 bits per heavy atom. The molecule has 0 spiro atoms. The molecule has 1 fully saturated rings. The van der Waals surface area contributed by atoms with E-state index < -0.39 is 12.1 Å². The van der Waals surface area contributed by atoms with Gasteiger partial charge in [0.25, 0.3) is 5.56 Å². The minimum atomic E-state index is -1.04. The van der Waals surface area contributed by atoms with Crippen molar-refractivity contribution in [3.8, 4) is 0 Å². The molecule has 1 amide bonds. The lowest BCUT2D eigenvalue weighted by atomic mass is 10.1. The molecule has 0 saturated heterocycles. The van der Waals surface area contributed by atoms with Crippen LogP contribution in [0, 0.1) is 12.8 Å². The van der Waals surface area contributed by atoms with E-state index >= 15 is 0 Å². The summed E-state index contributed by atoms with van der Waals surface area (Å²) in [6.45, 7) is 1.79. The zero-order chi connectivity index (χ0) is 14.4. The fourth-order valence-corrected chi connectivity index (χ4v) is 2.24. The number of carbonyl (C=O) groups is 1. The van der Waals surface area contributed by atoms with Gasteiger partial charge in [0.1, 0.15) is 12.0 Å². The quantitative estimate of drug-likeness (QED) is 0.904. The van der Waals surface area contributed by atoms with Crippen molar-refractivity contribution in [1.82, 2.24) is 9.55 Å². The predicted molar refractivity (Wildman–Crippen MR) is 73.4 cm³/mol. The Morgan fingerprint density at radius 3 is 2.90 bits per heavy atom. The van der Waals surface area contributed by atoms with Crippen LogP contribution in [0.2, 0.25) is 0 Å². The summed E-state index contributed by atoms with van der Waals surface area (Å²) in [4.78, 5) is 28.0. The summed E-state index contributed by atoms with van der Waals surface area (Å²) >= 11 is 0. The maximum atomic E-state index is 12.8. The highest BCUT2D eigenvalue weighted by atomic mass is 19.1. The van der Waals surface area contributed by atoms with E-state index in [9.17, 15) is 14.0 Å². The van der Waals surface area contributed by atoms with E-state index in [4.69, 9.17) is 0 Å². The number of pyridine rings is 2. The molecule has 2 aromatic rings. The van der Waals surface area contributed by atoms with Crippen LogP contribution >= 0.6 is 0 Å². The Hall–Kier alpha value is -2.24. The van der Waals surface area contributed by atoms with E-state index in [2.05, 4.69) is 10.3 Å². The Balaban J connectivity index is 2.00. The van der Waals surface area contributed by atoms with E-state index in [0.29, 0.717) is 16.7 Å². The molecule has 1 aliphatic rings. The monoisotopic (exact) mass is 275 g/mol. The number of fused-ring (bicyclic) bond motifs is 1. The molecule has 0 unspecified atom stereocenters. The standard InChI is InChI=1S/C14H14FN3O2/c1-7-5-11(17-13(19)8-6-9(8)15)16-10-3-4-18(2)14(20)12(7)10/h3-5,8-9H,6H2,1-2H3,(H,16,17,19)/t8-,9+/m1/s1. The van der Waals surface area contributed by atoms with Crippen LogP contribution in [0.15, 0.2) is 23.1 Å². The number of hydrogen-bond donors (Lipinski definition) is 1. The van der Waals surface area contributed by atoms with Crippen molar-refractivity contribution in [2.24, 2.45) is 13.0 Å². The fourth-order valence-electron chi connectivity index (χ4n) is 2.24. The first kappa shape index (κ1) is 12.8. The molecule has 0 aromatic carbocycles. The number of carbonyl (C=O) groups excluding carboxylic acids is 1. The van der Waals surface area contributed by atoms with Gasteiger partial charge in [0.05, 0.1) is 16.8 Å². The molecular weight excluding hydrogens is 261 g/mol. The molecule has 6 heteroatoms. The second kappa shape index (κ2) is 4.40. The number of amides is 1. The summed E-state index contributed by atoms with van der Waals surface area (Å²) in [5.74, 6) is -0.559. The zero-order valence-electron chi connectivity index (χ0n) is 11.2. The zero-order valence-corrected chi connectivity index (χ0v) is 11.2. The summed E-state index contributed by atoms with van der Waals surface area (Å²) in [5.41, 5.74) is 1.13. The van der Waals surface area contributed by atoms with Crippen LogP contribution in [-0.2, 0) is 11.8 Å². The van der Waals surface area contributed by atoms with E-state index in [0.717, 1.165) is 5.56 Å².